The second-order valence-electron chi connectivity index (χ2n) is 12.4. The Balaban J connectivity index is 0.000000592. The van der Waals surface area contributed by atoms with Gasteiger partial charge in [0, 0.05) is 41.9 Å². The number of methoxy groups -OCH3 is 1. The largest absolute Gasteiger partial charge is 0.497 e. The molecule has 0 spiro atoms. The summed E-state index contributed by atoms with van der Waals surface area (Å²) in [6, 6.07) is 19.4. The van der Waals surface area contributed by atoms with Crippen molar-refractivity contribution in [2.24, 2.45) is 11.7 Å². The van der Waals surface area contributed by atoms with Gasteiger partial charge in [-0.2, -0.15) is 0 Å². The van der Waals surface area contributed by atoms with Gasteiger partial charge in [0.05, 0.1) is 24.0 Å². The number of nitrogens with one attached hydrogen (secondary N) is 1. The zero-order valence-corrected chi connectivity index (χ0v) is 29.8. The number of aromatic nitrogens is 3. The number of anilines is 1. The van der Waals surface area contributed by atoms with Crippen LogP contribution in [0.15, 0.2) is 83.8 Å². The first-order valence-corrected chi connectivity index (χ1v) is 16.3. The van der Waals surface area contributed by atoms with Crippen LogP contribution in [0.4, 0.5) is 10.1 Å². The van der Waals surface area contributed by atoms with Crippen LogP contribution in [0.5, 0.6) is 17.2 Å². The van der Waals surface area contributed by atoms with Gasteiger partial charge in [0.25, 0.3) is 11.5 Å². The number of hydrogen-bond donors (Lipinski definition) is 7. The highest BCUT2D eigenvalue weighted by Crippen LogP contribution is 2.33. The standard InChI is InChI=1S/C33H32FN5O6.C4H6O6/c1-19(33(3,35)32(42)43)18-38-20(2)29(31(41)39(38)22-8-6-5-7-9-22)30(40)37-21-10-13-28(25(34)16-21)45-27-14-15-36-26-17-23(44-4)11-12-24(26)27;5-1(3(7)8)2(6)4(9)10/h5-17,19H,18,35H2,1-4H3,(H,37,40)(H,42,43);1-2,5-6H,(H,7,8)(H,9,10)/t19-,33+;/m1./s1. The number of pyridine rings is 1. The van der Waals surface area contributed by atoms with Crippen LogP contribution in [-0.2, 0) is 20.9 Å². The van der Waals surface area contributed by atoms with E-state index < -0.39 is 58.9 Å². The van der Waals surface area contributed by atoms with Crippen molar-refractivity contribution in [1.82, 2.24) is 14.3 Å². The summed E-state index contributed by atoms with van der Waals surface area (Å²) in [6.07, 6.45) is -2.99. The van der Waals surface area contributed by atoms with E-state index >= 15 is 4.39 Å². The number of aliphatic hydroxyl groups is 2. The molecule has 17 nitrogen and oxygen atoms in total. The number of aliphatic carboxylic acids is 3. The van der Waals surface area contributed by atoms with Crippen molar-refractivity contribution in [2.45, 2.75) is 45.1 Å². The Hall–Kier alpha value is -6.63. The molecule has 0 saturated heterocycles. The van der Waals surface area contributed by atoms with Crippen molar-refractivity contribution in [1.29, 1.82) is 0 Å². The summed E-state index contributed by atoms with van der Waals surface area (Å²) < 4.78 is 29.2. The van der Waals surface area contributed by atoms with Gasteiger partial charge in [-0.3, -0.25) is 24.0 Å². The zero-order chi connectivity index (χ0) is 40.8. The molecule has 55 heavy (non-hydrogen) atoms. The lowest BCUT2D eigenvalue weighted by Gasteiger charge is -2.28. The number of ether oxygens (including phenoxy) is 2. The summed E-state index contributed by atoms with van der Waals surface area (Å²) in [5.41, 5.74) is 5.13. The molecule has 0 aliphatic carbocycles. The molecule has 0 radical (unpaired) electrons. The summed E-state index contributed by atoms with van der Waals surface area (Å²) in [6.45, 7) is 4.67. The van der Waals surface area contributed by atoms with E-state index in [-0.39, 0.29) is 29.2 Å². The van der Waals surface area contributed by atoms with E-state index in [1.807, 2.05) is 0 Å². The minimum atomic E-state index is -2.27. The van der Waals surface area contributed by atoms with E-state index in [1.54, 1.807) is 75.6 Å². The summed E-state index contributed by atoms with van der Waals surface area (Å²) in [4.78, 5) is 62.9. The molecule has 2 unspecified atom stereocenters. The molecule has 2 aromatic heterocycles. The predicted octanol–water partition coefficient (Wildman–Crippen LogP) is 3.00. The molecule has 3 aromatic carbocycles. The first-order valence-electron chi connectivity index (χ1n) is 16.3. The molecule has 5 rings (SSSR count). The summed E-state index contributed by atoms with van der Waals surface area (Å²) >= 11 is 0. The van der Waals surface area contributed by atoms with Crippen LogP contribution in [0.1, 0.15) is 29.9 Å². The SMILES string of the molecule is COc1ccc2c(Oc3ccc(NC(=O)c4c(C)n(C[C@@H](C)[C@](C)(N)C(=O)O)n(-c5ccccc5)c4=O)cc3F)ccnc2c1.O=C(O)C(O)C(O)C(=O)O. The van der Waals surface area contributed by atoms with Gasteiger partial charge < -0.3 is 46.1 Å². The second kappa shape index (κ2) is 17.0. The Morgan fingerprint density at radius 3 is 2.15 bits per heavy atom. The Morgan fingerprint density at radius 2 is 1.58 bits per heavy atom. The van der Waals surface area contributed by atoms with Crippen LogP contribution in [0.3, 0.4) is 0 Å². The van der Waals surface area contributed by atoms with Gasteiger partial charge in [-0.1, -0.05) is 25.1 Å². The molecule has 290 valence electrons. The van der Waals surface area contributed by atoms with Crippen molar-refractivity contribution in [3.8, 4) is 22.9 Å². The van der Waals surface area contributed by atoms with E-state index in [4.69, 9.17) is 35.6 Å². The second-order valence-corrected chi connectivity index (χ2v) is 12.4. The number of carbonyl (C=O) groups is 4. The quantitative estimate of drug-likeness (QED) is 0.0909. The molecule has 2 heterocycles. The molecule has 1 amide bonds. The Bertz CT molecular complexity index is 2270. The Morgan fingerprint density at radius 1 is 0.945 bits per heavy atom. The number of carboxylic acid groups (broad SMARTS) is 3. The third-order valence-corrected chi connectivity index (χ3v) is 8.68. The minimum absolute atomic E-state index is 0.0275. The van der Waals surface area contributed by atoms with Crippen LogP contribution in [0.25, 0.3) is 16.6 Å². The van der Waals surface area contributed by atoms with Crippen LogP contribution >= 0.6 is 0 Å². The average molecular weight is 764 g/mol. The maximum atomic E-state index is 15.2. The van der Waals surface area contributed by atoms with Gasteiger partial charge in [-0.25, -0.2) is 18.7 Å². The Labute approximate surface area is 311 Å². The average Bonchev–Trinajstić information content (AvgIpc) is 3.40. The van der Waals surface area contributed by atoms with Crippen LogP contribution in [0.2, 0.25) is 0 Å². The van der Waals surface area contributed by atoms with Crippen LogP contribution < -0.4 is 26.1 Å². The van der Waals surface area contributed by atoms with Gasteiger partial charge in [0.1, 0.15) is 22.6 Å². The maximum absolute atomic E-state index is 15.2. The number of para-hydroxylation sites is 1. The highest BCUT2D eigenvalue weighted by Gasteiger charge is 2.36. The number of aliphatic hydroxyl groups excluding tert-OH is 2. The molecule has 4 atom stereocenters. The molecule has 18 heteroatoms. The summed E-state index contributed by atoms with van der Waals surface area (Å²) in [7, 11) is 1.55. The predicted molar refractivity (Wildman–Crippen MR) is 194 cm³/mol. The minimum Gasteiger partial charge on any atom is -0.497 e. The van der Waals surface area contributed by atoms with E-state index in [9.17, 15) is 29.1 Å². The van der Waals surface area contributed by atoms with Crippen LogP contribution in [-0.4, -0.2) is 88.6 Å². The number of halogens is 1. The molecule has 0 bridgehead atoms. The fourth-order valence-corrected chi connectivity index (χ4v) is 5.18. The van der Waals surface area contributed by atoms with E-state index in [2.05, 4.69) is 10.3 Å². The van der Waals surface area contributed by atoms with E-state index in [0.717, 1.165) is 6.07 Å². The maximum Gasteiger partial charge on any atom is 0.335 e. The number of amides is 1. The molecule has 0 aliphatic rings. The molecular formula is C37H38FN5O12. The van der Waals surface area contributed by atoms with Gasteiger partial charge in [-0.05, 0) is 56.3 Å². The fraction of sp³-hybridized carbons (Fsp3) is 0.243. The highest BCUT2D eigenvalue weighted by atomic mass is 19.1. The topological polar surface area (TPSA) is 266 Å². The number of carboxylic acids is 3. The van der Waals surface area contributed by atoms with Crippen LogP contribution in [0, 0.1) is 18.7 Å². The van der Waals surface area contributed by atoms with Crippen molar-refractivity contribution in [3.05, 3.63) is 106 Å². The molecule has 5 aromatic rings. The summed E-state index contributed by atoms with van der Waals surface area (Å²) in [5, 5.41) is 45.4. The number of nitrogens with zero attached hydrogens (tertiary/aromatic N) is 3. The third-order valence-electron chi connectivity index (χ3n) is 8.68. The first-order chi connectivity index (χ1) is 25.9. The summed E-state index contributed by atoms with van der Waals surface area (Å²) in [5.74, 6) is -5.95. The Kier molecular flexibility index (Phi) is 12.7. The number of nitrogens with two attached hydrogens (primary N) is 1. The number of benzene rings is 3. The van der Waals surface area contributed by atoms with Crippen molar-refractivity contribution < 1.29 is 58.6 Å². The van der Waals surface area contributed by atoms with Crippen molar-refractivity contribution in [3.63, 3.8) is 0 Å². The van der Waals surface area contributed by atoms with E-state index in [1.165, 1.54) is 34.6 Å². The lowest BCUT2D eigenvalue weighted by atomic mass is 9.88. The number of rotatable bonds is 13. The normalized spacial score (nSPS) is 13.7. The van der Waals surface area contributed by atoms with Gasteiger partial charge >= 0.3 is 17.9 Å². The monoisotopic (exact) mass is 763 g/mol. The molecule has 8 N–H and O–H groups in total. The lowest BCUT2D eigenvalue weighted by Crippen LogP contribution is -2.52. The fourth-order valence-electron chi connectivity index (χ4n) is 5.18. The molecular weight excluding hydrogens is 725 g/mol. The van der Waals surface area contributed by atoms with Gasteiger partial charge in [0.2, 0.25) is 0 Å². The zero-order valence-electron chi connectivity index (χ0n) is 29.8. The van der Waals surface area contributed by atoms with Crippen molar-refractivity contribution in [2.75, 3.05) is 12.4 Å². The van der Waals surface area contributed by atoms with Gasteiger partial charge in [-0.15, -0.1) is 0 Å². The van der Waals surface area contributed by atoms with E-state index in [0.29, 0.717) is 28.1 Å². The highest BCUT2D eigenvalue weighted by molar-refractivity contribution is 6.05. The lowest BCUT2D eigenvalue weighted by molar-refractivity contribution is -0.165. The molecule has 0 aliphatic heterocycles. The van der Waals surface area contributed by atoms with Gasteiger partial charge in [0.15, 0.2) is 23.8 Å². The molecule has 0 saturated carbocycles. The molecule has 0 fully saturated rings. The van der Waals surface area contributed by atoms with Crippen molar-refractivity contribution >= 4 is 40.4 Å². The number of carbonyl (C=O) groups excluding carboxylic acids is 1. The smallest absolute Gasteiger partial charge is 0.335 e. The third kappa shape index (κ3) is 9.13. The number of hydrogen-bond acceptors (Lipinski definition) is 11. The first kappa shape index (κ1) is 41.1. The number of fused-ring (bicyclic) bond motifs is 1.